The van der Waals surface area contributed by atoms with Crippen LogP contribution in [0.4, 0.5) is 0 Å². The van der Waals surface area contributed by atoms with Crippen LogP contribution in [0.2, 0.25) is 0 Å². The number of hydrogen-bond donors (Lipinski definition) is 1. The molecule has 0 aromatic carbocycles. The second-order valence-corrected chi connectivity index (χ2v) is 4.78. The lowest BCUT2D eigenvalue weighted by atomic mass is 9.80. The monoisotopic (exact) mass is 167 g/mol. The van der Waals surface area contributed by atoms with E-state index in [1.807, 2.05) is 0 Å². The first kappa shape index (κ1) is 9.79. The molecule has 1 N–H and O–H groups in total. The highest BCUT2D eigenvalue weighted by atomic mass is 14.9. The second-order valence-electron chi connectivity index (χ2n) is 4.78. The normalized spacial score (nSPS) is 25.4. The van der Waals surface area contributed by atoms with Crippen molar-refractivity contribution in [2.45, 2.75) is 46.1 Å². The molecule has 1 atom stereocenters. The molecule has 0 radical (unpaired) electrons. The highest BCUT2D eigenvalue weighted by molar-refractivity contribution is 5.14. The van der Waals surface area contributed by atoms with Crippen molar-refractivity contribution in [1.82, 2.24) is 5.32 Å². The first-order valence-electron chi connectivity index (χ1n) is 4.94. The molecule has 1 rings (SSSR count). The maximum absolute atomic E-state index is 4.19. The zero-order valence-electron chi connectivity index (χ0n) is 8.61. The highest BCUT2D eigenvalue weighted by Crippen LogP contribution is 2.29. The molecule has 0 aromatic rings. The van der Waals surface area contributed by atoms with Gasteiger partial charge in [0.25, 0.3) is 0 Å². The number of nitrogens with one attached hydrogen (secondary N) is 1. The van der Waals surface area contributed by atoms with Crippen molar-refractivity contribution in [1.29, 1.82) is 0 Å². The van der Waals surface area contributed by atoms with Crippen LogP contribution in [-0.4, -0.2) is 12.6 Å². The van der Waals surface area contributed by atoms with Crippen molar-refractivity contribution in [3.8, 4) is 0 Å². The van der Waals surface area contributed by atoms with Crippen LogP contribution in [0, 0.1) is 5.41 Å². The first-order valence-corrected chi connectivity index (χ1v) is 4.94. The Hall–Kier alpha value is -0.300. The van der Waals surface area contributed by atoms with E-state index >= 15 is 0 Å². The molecule has 0 saturated carbocycles. The van der Waals surface area contributed by atoms with E-state index in [2.05, 4.69) is 32.7 Å². The van der Waals surface area contributed by atoms with Crippen LogP contribution < -0.4 is 5.32 Å². The van der Waals surface area contributed by atoms with Gasteiger partial charge in [0.15, 0.2) is 0 Å². The quantitative estimate of drug-likeness (QED) is 0.592. The summed E-state index contributed by atoms with van der Waals surface area (Å²) >= 11 is 0. The highest BCUT2D eigenvalue weighted by Gasteiger charge is 2.24. The van der Waals surface area contributed by atoms with E-state index < -0.39 is 0 Å². The third-order valence-corrected chi connectivity index (χ3v) is 2.69. The largest absolute Gasteiger partial charge is 0.310 e. The summed E-state index contributed by atoms with van der Waals surface area (Å²) in [4.78, 5) is 0. The number of rotatable bonds is 1. The minimum atomic E-state index is 0.259. The second kappa shape index (κ2) is 3.61. The van der Waals surface area contributed by atoms with Gasteiger partial charge in [0.2, 0.25) is 0 Å². The molecular formula is C11H21N. The molecule has 1 aliphatic heterocycles. The molecule has 0 amide bonds. The van der Waals surface area contributed by atoms with Crippen molar-refractivity contribution in [2.24, 2.45) is 5.41 Å². The molecule has 12 heavy (non-hydrogen) atoms. The topological polar surface area (TPSA) is 12.0 Å². The minimum absolute atomic E-state index is 0.259. The van der Waals surface area contributed by atoms with E-state index in [0.29, 0.717) is 6.04 Å². The summed E-state index contributed by atoms with van der Waals surface area (Å²) in [6.45, 7) is 12.1. The Balaban J connectivity index is 2.51. The SMILES string of the molecule is C=C([C@@H]1CCCCN1)C(C)(C)C. The van der Waals surface area contributed by atoms with Gasteiger partial charge in [-0.3, -0.25) is 0 Å². The van der Waals surface area contributed by atoms with Crippen LogP contribution in [0.1, 0.15) is 40.0 Å². The average molecular weight is 167 g/mol. The number of piperidine rings is 1. The molecule has 0 bridgehead atoms. The average Bonchev–Trinajstić information content (AvgIpc) is 2.03. The summed E-state index contributed by atoms with van der Waals surface area (Å²) < 4.78 is 0. The molecule has 0 aromatic heterocycles. The molecule has 1 saturated heterocycles. The van der Waals surface area contributed by atoms with Gasteiger partial charge in [-0.2, -0.15) is 0 Å². The Morgan fingerprint density at radius 3 is 2.42 bits per heavy atom. The maximum Gasteiger partial charge on any atom is 0.0281 e. The fraction of sp³-hybridized carbons (Fsp3) is 0.818. The van der Waals surface area contributed by atoms with Crippen LogP contribution >= 0.6 is 0 Å². The lowest BCUT2D eigenvalue weighted by Gasteiger charge is -2.32. The summed E-state index contributed by atoms with van der Waals surface area (Å²) in [5, 5.41) is 3.53. The number of hydrogen-bond acceptors (Lipinski definition) is 1. The third kappa shape index (κ3) is 2.34. The van der Waals surface area contributed by atoms with E-state index in [0.717, 1.165) is 0 Å². The predicted octanol–water partition coefficient (Wildman–Crippen LogP) is 2.73. The molecular weight excluding hydrogens is 146 g/mol. The van der Waals surface area contributed by atoms with Crippen molar-refractivity contribution in [3.63, 3.8) is 0 Å². The minimum Gasteiger partial charge on any atom is -0.310 e. The van der Waals surface area contributed by atoms with Gasteiger partial charge in [0.05, 0.1) is 0 Å². The Morgan fingerprint density at radius 2 is 2.00 bits per heavy atom. The standard InChI is InChI=1S/C11H21N/c1-9(11(2,3)4)10-7-5-6-8-12-10/h10,12H,1,5-8H2,2-4H3/t10-/m0/s1. The summed E-state index contributed by atoms with van der Waals surface area (Å²) in [6, 6.07) is 0.568. The van der Waals surface area contributed by atoms with Crippen LogP contribution in [0.25, 0.3) is 0 Å². The van der Waals surface area contributed by atoms with E-state index in [9.17, 15) is 0 Å². The summed E-state index contributed by atoms with van der Waals surface area (Å²) in [5.74, 6) is 0. The van der Waals surface area contributed by atoms with E-state index in [1.165, 1.54) is 31.4 Å². The van der Waals surface area contributed by atoms with Gasteiger partial charge in [0, 0.05) is 6.04 Å². The molecule has 0 spiro atoms. The lowest BCUT2D eigenvalue weighted by Crippen LogP contribution is -2.38. The molecule has 1 heteroatoms. The van der Waals surface area contributed by atoms with Gasteiger partial charge in [-0.15, -0.1) is 0 Å². The van der Waals surface area contributed by atoms with Gasteiger partial charge in [-0.25, -0.2) is 0 Å². The van der Waals surface area contributed by atoms with E-state index in [-0.39, 0.29) is 5.41 Å². The van der Waals surface area contributed by atoms with Crippen molar-refractivity contribution in [3.05, 3.63) is 12.2 Å². The van der Waals surface area contributed by atoms with Crippen molar-refractivity contribution in [2.75, 3.05) is 6.54 Å². The fourth-order valence-electron chi connectivity index (χ4n) is 1.67. The molecule has 1 heterocycles. The van der Waals surface area contributed by atoms with Crippen LogP contribution in [-0.2, 0) is 0 Å². The Bertz CT molecular complexity index is 158. The first-order chi connectivity index (χ1) is 5.52. The van der Waals surface area contributed by atoms with E-state index in [1.54, 1.807) is 0 Å². The molecule has 0 aliphatic carbocycles. The van der Waals surface area contributed by atoms with Gasteiger partial charge >= 0.3 is 0 Å². The molecule has 0 unspecified atom stereocenters. The van der Waals surface area contributed by atoms with Crippen LogP contribution in [0.3, 0.4) is 0 Å². The Labute approximate surface area is 76.2 Å². The molecule has 1 fully saturated rings. The van der Waals surface area contributed by atoms with Gasteiger partial charge in [0.1, 0.15) is 0 Å². The van der Waals surface area contributed by atoms with Gasteiger partial charge in [-0.05, 0) is 24.8 Å². The fourth-order valence-corrected chi connectivity index (χ4v) is 1.67. The third-order valence-electron chi connectivity index (χ3n) is 2.69. The zero-order valence-corrected chi connectivity index (χ0v) is 8.61. The smallest absolute Gasteiger partial charge is 0.0281 e. The van der Waals surface area contributed by atoms with Crippen molar-refractivity contribution >= 4 is 0 Å². The molecule has 70 valence electrons. The summed E-state index contributed by atoms with van der Waals surface area (Å²) in [7, 11) is 0. The Morgan fingerprint density at radius 1 is 1.33 bits per heavy atom. The molecule has 1 nitrogen and oxygen atoms in total. The lowest BCUT2D eigenvalue weighted by molar-refractivity contribution is 0.372. The zero-order chi connectivity index (χ0) is 9.19. The maximum atomic E-state index is 4.19. The summed E-state index contributed by atoms with van der Waals surface area (Å²) in [6.07, 6.45) is 3.96. The van der Waals surface area contributed by atoms with Crippen molar-refractivity contribution < 1.29 is 0 Å². The van der Waals surface area contributed by atoms with E-state index in [4.69, 9.17) is 0 Å². The molecule has 1 aliphatic rings. The van der Waals surface area contributed by atoms with Gasteiger partial charge in [-0.1, -0.05) is 39.3 Å². The summed E-state index contributed by atoms with van der Waals surface area (Å²) in [5.41, 5.74) is 1.62. The van der Waals surface area contributed by atoms with Crippen LogP contribution in [0.5, 0.6) is 0 Å². The van der Waals surface area contributed by atoms with Crippen LogP contribution in [0.15, 0.2) is 12.2 Å². The Kier molecular flexibility index (Phi) is 2.94. The van der Waals surface area contributed by atoms with Gasteiger partial charge < -0.3 is 5.32 Å². The predicted molar refractivity (Wildman–Crippen MR) is 54.2 cm³/mol.